The molecule has 0 spiro atoms. The van der Waals surface area contributed by atoms with Crippen LogP contribution in [0.15, 0.2) is 12.2 Å². The standard InChI is InChI=1S/C17H34O3/c1-4-6-7-8-9-13-17(12-5-2)14-10-11-15-19-20-16-18-3/h5,12,17H,4,6-11,13-16H2,1-3H3. The van der Waals surface area contributed by atoms with Crippen LogP contribution in [0.25, 0.3) is 0 Å². The Bertz CT molecular complexity index is 204. The highest BCUT2D eigenvalue weighted by Crippen LogP contribution is 2.19. The average Bonchev–Trinajstić information content (AvgIpc) is 2.46. The van der Waals surface area contributed by atoms with Crippen LogP contribution in [0.2, 0.25) is 0 Å². The maximum atomic E-state index is 5.00. The molecule has 1 atom stereocenters. The number of allylic oxidation sites excluding steroid dienone is 2. The minimum Gasteiger partial charge on any atom is -0.355 e. The molecule has 0 heterocycles. The second kappa shape index (κ2) is 16.7. The summed E-state index contributed by atoms with van der Waals surface area (Å²) in [5, 5.41) is 0. The smallest absolute Gasteiger partial charge is 0.180 e. The number of rotatable bonds is 15. The first-order valence-electron chi connectivity index (χ1n) is 8.21. The van der Waals surface area contributed by atoms with Gasteiger partial charge in [-0.3, -0.25) is 0 Å². The second-order valence-electron chi connectivity index (χ2n) is 5.33. The maximum Gasteiger partial charge on any atom is 0.180 e. The number of ether oxygens (including phenoxy) is 1. The van der Waals surface area contributed by atoms with E-state index in [4.69, 9.17) is 14.5 Å². The molecule has 0 aromatic heterocycles. The minimum absolute atomic E-state index is 0.207. The van der Waals surface area contributed by atoms with Crippen LogP contribution in [0.3, 0.4) is 0 Å². The fourth-order valence-electron chi connectivity index (χ4n) is 2.33. The van der Waals surface area contributed by atoms with E-state index in [-0.39, 0.29) is 6.79 Å². The molecule has 0 aliphatic heterocycles. The summed E-state index contributed by atoms with van der Waals surface area (Å²) in [4.78, 5) is 9.80. The molecule has 0 radical (unpaired) electrons. The van der Waals surface area contributed by atoms with Crippen LogP contribution in [0.1, 0.15) is 71.6 Å². The normalized spacial score (nSPS) is 13.2. The monoisotopic (exact) mass is 286 g/mol. The molecule has 0 aromatic rings. The van der Waals surface area contributed by atoms with Gasteiger partial charge < -0.3 is 4.74 Å². The first-order chi connectivity index (χ1) is 9.85. The van der Waals surface area contributed by atoms with E-state index in [9.17, 15) is 0 Å². The molecule has 0 aliphatic rings. The van der Waals surface area contributed by atoms with E-state index < -0.39 is 0 Å². The van der Waals surface area contributed by atoms with Crippen LogP contribution >= 0.6 is 0 Å². The van der Waals surface area contributed by atoms with Crippen molar-refractivity contribution in [3.63, 3.8) is 0 Å². The third-order valence-corrected chi connectivity index (χ3v) is 3.44. The van der Waals surface area contributed by atoms with E-state index in [2.05, 4.69) is 26.0 Å². The Labute approximate surface area is 125 Å². The van der Waals surface area contributed by atoms with Gasteiger partial charge in [-0.05, 0) is 32.1 Å². The summed E-state index contributed by atoms with van der Waals surface area (Å²) >= 11 is 0. The van der Waals surface area contributed by atoms with Crippen molar-refractivity contribution >= 4 is 0 Å². The van der Waals surface area contributed by atoms with Crippen LogP contribution in [0, 0.1) is 5.92 Å². The van der Waals surface area contributed by atoms with Gasteiger partial charge in [0, 0.05) is 7.11 Å². The van der Waals surface area contributed by atoms with Gasteiger partial charge in [-0.15, -0.1) is 0 Å². The second-order valence-corrected chi connectivity index (χ2v) is 5.33. The van der Waals surface area contributed by atoms with Gasteiger partial charge in [0.15, 0.2) is 6.79 Å². The van der Waals surface area contributed by atoms with Crippen LogP contribution in [0.4, 0.5) is 0 Å². The molecule has 20 heavy (non-hydrogen) atoms. The van der Waals surface area contributed by atoms with Crippen molar-refractivity contribution in [2.45, 2.75) is 71.6 Å². The predicted molar refractivity (Wildman–Crippen MR) is 84.4 cm³/mol. The Morgan fingerprint density at radius 2 is 1.60 bits per heavy atom. The van der Waals surface area contributed by atoms with Crippen molar-refractivity contribution < 1.29 is 14.5 Å². The molecule has 0 saturated heterocycles. The van der Waals surface area contributed by atoms with E-state index >= 15 is 0 Å². The number of methoxy groups -OCH3 is 1. The number of hydrogen-bond donors (Lipinski definition) is 0. The first kappa shape index (κ1) is 19.6. The molecule has 0 bridgehead atoms. The summed E-state index contributed by atoms with van der Waals surface area (Å²) < 4.78 is 4.73. The molecule has 3 heteroatoms. The molecule has 0 amide bonds. The van der Waals surface area contributed by atoms with Gasteiger partial charge in [0.25, 0.3) is 0 Å². The molecule has 0 aliphatic carbocycles. The Hall–Kier alpha value is -0.380. The highest BCUT2D eigenvalue weighted by Gasteiger charge is 2.04. The number of hydrogen-bond acceptors (Lipinski definition) is 3. The topological polar surface area (TPSA) is 27.7 Å². The van der Waals surface area contributed by atoms with Crippen molar-refractivity contribution in [3.05, 3.63) is 12.2 Å². The van der Waals surface area contributed by atoms with Crippen molar-refractivity contribution in [3.8, 4) is 0 Å². The minimum atomic E-state index is 0.207. The lowest BCUT2D eigenvalue weighted by molar-refractivity contribution is -0.332. The first-order valence-corrected chi connectivity index (χ1v) is 8.21. The molecule has 120 valence electrons. The van der Waals surface area contributed by atoms with Gasteiger partial charge in [-0.1, -0.05) is 57.6 Å². The largest absolute Gasteiger partial charge is 0.355 e. The van der Waals surface area contributed by atoms with Crippen LogP contribution in [-0.2, 0) is 14.5 Å². The van der Waals surface area contributed by atoms with Crippen molar-refractivity contribution in [2.75, 3.05) is 20.5 Å². The summed E-state index contributed by atoms with van der Waals surface area (Å²) in [5.74, 6) is 0.738. The Morgan fingerprint density at radius 3 is 2.25 bits per heavy atom. The third kappa shape index (κ3) is 14.0. The lowest BCUT2D eigenvalue weighted by Gasteiger charge is -2.12. The van der Waals surface area contributed by atoms with Crippen LogP contribution < -0.4 is 0 Å². The molecule has 1 unspecified atom stereocenters. The van der Waals surface area contributed by atoms with Gasteiger partial charge in [0.05, 0.1) is 6.61 Å². The summed E-state index contributed by atoms with van der Waals surface area (Å²) in [6, 6.07) is 0. The quantitative estimate of drug-likeness (QED) is 0.135. The summed E-state index contributed by atoms with van der Waals surface area (Å²) in [6.07, 6.45) is 16.2. The van der Waals surface area contributed by atoms with Crippen molar-refractivity contribution in [1.29, 1.82) is 0 Å². The molecule has 0 saturated carbocycles. The highest BCUT2D eigenvalue weighted by atomic mass is 17.2. The Kier molecular flexibility index (Phi) is 16.4. The molecule has 0 aromatic carbocycles. The lowest BCUT2D eigenvalue weighted by Crippen LogP contribution is -2.02. The van der Waals surface area contributed by atoms with Gasteiger partial charge in [-0.2, -0.15) is 0 Å². The molecular formula is C17H34O3. The Balaban J connectivity index is 3.49. The molecule has 3 nitrogen and oxygen atoms in total. The van der Waals surface area contributed by atoms with Gasteiger partial charge in [0.1, 0.15) is 0 Å². The van der Waals surface area contributed by atoms with E-state index in [1.165, 1.54) is 51.4 Å². The number of unbranched alkanes of at least 4 members (excludes halogenated alkanes) is 5. The molecular weight excluding hydrogens is 252 g/mol. The third-order valence-electron chi connectivity index (χ3n) is 3.44. The highest BCUT2D eigenvalue weighted by molar-refractivity contribution is 4.85. The van der Waals surface area contributed by atoms with E-state index in [0.29, 0.717) is 6.61 Å². The van der Waals surface area contributed by atoms with Gasteiger partial charge in [0.2, 0.25) is 0 Å². The molecule has 0 rings (SSSR count). The van der Waals surface area contributed by atoms with Gasteiger partial charge >= 0.3 is 0 Å². The van der Waals surface area contributed by atoms with Crippen LogP contribution in [0.5, 0.6) is 0 Å². The molecule has 0 fully saturated rings. The predicted octanol–water partition coefficient (Wildman–Crippen LogP) is 5.26. The zero-order valence-corrected chi connectivity index (χ0v) is 13.7. The Morgan fingerprint density at radius 1 is 0.900 bits per heavy atom. The fraction of sp³-hybridized carbons (Fsp3) is 0.882. The zero-order valence-electron chi connectivity index (χ0n) is 13.7. The van der Waals surface area contributed by atoms with Gasteiger partial charge in [-0.25, -0.2) is 9.78 Å². The van der Waals surface area contributed by atoms with Crippen LogP contribution in [-0.4, -0.2) is 20.5 Å². The summed E-state index contributed by atoms with van der Waals surface area (Å²) in [6.45, 7) is 5.24. The average molecular weight is 286 g/mol. The zero-order chi connectivity index (χ0) is 14.9. The SMILES string of the molecule is CC=CC(CCCCCCC)CCCCOOCOC. The summed E-state index contributed by atoms with van der Waals surface area (Å²) in [5.41, 5.74) is 0. The molecule has 0 N–H and O–H groups in total. The fourth-order valence-corrected chi connectivity index (χ4v) is 2.33. The maximum absolute atomic E-state index is 5.00. The van der Waals surface area contributed by atoms with Crippen molar-refractivity contribution in [1.82, 2.24) is 0 Å². The summed E-state index contributed by atoms with van der Waals surface area (Å²) in [7, 11) is 1.59. The van der Waals surface area contributed by atoms with E-state index in [1.807, 2.05) is 0 Å². The van der Waals surface area contributed by atoms with Crippen molar-refractivity contribution in [2.24, 2.45) is 5.92 Å². The van der Waals surface area contributed by atoms with E-state index in [0.717, 1.165) is 12.3 Å². The lowest BCUT2D eigenvalue weighted by atomic mass is 9.94. The van der Waals surface area contributed by atoms with E-state index in [1.54, 1.807) is 7.11 Å².